The quantitative estimate of drug-likeness (QED) is 0.231. The van der Waals surface area contributed by atoms with Gasteiger partial charge in [-0.05, 0) is 0 Å². The Kier molecular flexibility index (Phi) is 7.72. The van der Waals surface area contributed by atoms with Crippen LogP contribution in [-0.2, 0) is 40.5 Å². The Morgan fingerprint density at radius 1 is 0.556 bits per heavy atom. The summed E-state index contributed by atoms with van der Waals surface area (Å²) in [4.78, 5) is 1.09. The van der Waals surface area contributed by atoms with Crippen molar-refractivity contribution in [2.75, 3.05) is 39.3 Å². The fourth-order valence-corrected chi connectivity index (χ4v) is 7.34. The number of nitrogens with zero attached hydrogens (tertiary/aromatic N) is 2. The topological polar surface area (TPSA) is 236 Å². The van der Waals surface area contributed by atoms with Gasteiger partial charge < -0.3 is 5.32 Å². The van der Waals surface area contributed by atoms with Gasteiger partial charge in [-0.3, -0.25) is 28.0 Å². The van der Waals surface area contributed by atoms with Crippen molar-refractivity contribution in [1.29, 1.82) is 0 Å². The zero-order valence-electron chi connectivity index (χ0n) is 13.5. The van der Waals surface area contributed by atoms with Gasteiger partial charge in [0.1, 0.15) is 0 Å². The van der Waals surface area contributed by atoms with Gasteiger partial charge in [0.15, 0.2) is 0 Å². The molecule has 0 amide bonds. The van der Waals surface area contributed by atoms with Crippen LogP contribution in [0.1, 0.15) is 0 Å². The van der Waals surface area contributed by atoms with Crippen LogP contribution < -0.4 is 5.32 Å². The molecule has 1 fully saturated rings. The summed E-state index contributed by atoms with van der Waals surface area (Å²) in [6.45, 7) is -2.24. The SMILES string of the molecule is O=S(=O)(O)C(N1CCNCCN(C(S(=O)(=O)O)S(=O)(=O)O)CC1)S(=O)(=O)O. The van der Waals surface area contributed by atoms with E-state index in [-0.39, 0.29) is 26.2 Å². The molecule has 5 N–H and O–H groups in total. The maximum Gasteiger partial charge on any atom is 0.298 e. The predicted molar refractivity (Wildman–Crippen MR) is 89.8 cm³/mol. The number of nitrogens with one attached hydrogen (secondary N) is 1. The van der Waals surface area contributed by atoms with Gasteiger partial charge in [0.25, 0.3) is 49.9 Å². The minimum Gasteiger partial charge on any atom is -0.314 e. The molecule has 0 atom stereocenters. The second-order valence-electron chi connectivity index (χ2n) is 5.50. The van der Waals surface area contributed by atoms with E-state index in [0.717, 1.165) is 0 Å². The summed E-state index contributed by atoms with van der Waals surface area (Å²) in [5.74, 6) is 0. The summed E-state index contributed by atoms with van der Waals surface area (Å²) in [5, 5.41) is 2.61. The molecule has 0 saturated carbocycles. The Balaban J connectivity index is 3.30. The monoisotopic (exact) mass is 477 g/mol. The minimum absolute atomic E-state index is 0.0855. The highest BCUT2D eigenvalue weighted by atomic mass is 32.3. The summed E-state index contributed by atoms with van der Waals surface area (Å²) in [6, 6.07) is 0. The first kappa shape index (κ1) is 24.6. The van der Waals surface area contributed by atoms with Crippen molar-refractivity contribution in [1.82, 2.24) is 15.1 Å². The van der Waals surface area contributed by atoms with Gasteiger partial charge in [0.2, 0.25) is 0 Å². The van der Waals surface area contributed by atoms with Crippen LogP contribution in [0.3, 0.4) is 0 Å². The first-order valence-electron chi connectivity index (χ1n) is 6.99. The molecule has 0 aliphatic carbocycles. The Bertz CT molecular complexity index is 799. The van der Waals surface area contributed by atoms with Crippen LogP contribution in [0, 0.1) is 0 Å². The van der Waals surface area contributed by atoms with Crippen molar-refractivity contribution >= 4 is 40.5 Å². The zero-order valence-corrected chi connectivity index (χ0v) is 16.7. The van der Waals surface area contributed by atoms with Gasteiger partial charge in [-0.1, -0.05) is 0 Å². The standard InChI is InChI=1S/C8H19N3O12S4/c12-24(13,14)7(25(15,16)17)10-3-1-9-2-4-11(6-5-10)8(26(18,19)20)27(21,22)23/h7-9H,1-6H2,(H,12,13,14)(H,15,16,17)(H,18,19,20)(H,21,22,23). The van der Waals surface area contributed by atoms with E-state index >= 15 is 0 Å². The fraction of sp³-hybridized carbons (Fsp3) is 1.00. The normalized spacial score (nSPS) is 20.4. The van der Waals surface area contributed by atoms with Gasteiger partial charge in [-0.2, -0.15) is 33.7 Å². The molecular weight excluding hydrogens is 458 g/mol. The van der Waals surface area contributed by atoms with E-state index in [4.69, 9.17) is 18.2 Å². The minimum atomic E-state index is -5.35. The van der Waals surface area contributed by atoms with E-state index in [1.165, 1.54) is 0 Å². The van der Waals surface area contributed by atoms with Crippen LogP contribution in [0.5, 0.6) is 0 Å². The smallest absolute Gasteiger partial charge is 0.298 e. The lowest BCUT2D eigenvalue weighted by Gasteiger charge is -2.30. The number of rotatable bonds is 6. The van der Waals surface area contributed by atoms with Crippen molar-refractivity contribution in [3.05, 3.63) is 0 Å². The van der Waals surface area contributed by atoms with Gasteiger partial charge >= 0.3 is 0 Å². The van der Waals surface area contributed by atoms with Gasteiger partial charge in [0, 0.05) is 39.3 Å². The van der Waals surface area contributed by atoms with Crippen LogP contribution in [0.25, 0.3) is 0 Å². The largest absolute Gasteiger partial charge is 0.314 e. The summed E-state index contributed by atoms with van der Waals surface area (Å²) < 4.78 is 122. The van der Waals surface area contributed by atoms with Gasteiger partial charge in [-0.15, -0.1) is 0 Å². The molecular formula is C8H19N3O12S4. The summed E-state index contributed by atoms with van der Waals surface area (Å²) >= 11 is 0. The average molecular weight is 478 g/mol. The Morgan fingerprint density at radius 3 is 1.04 bits per heavy atom. The van der Waals surface area contributed by atoms with E-state index in [1.54, 1.807) is 0 Å². The maximum absolute atomic E-state index is 11.4. The molecule has 1 aliphatic rings. The molecule has 0 aromatic heterocycles. The van der Waals surface area contributed by atoms with E-state index < -0.39 is 63.0 Å². The zero-order chi connectivity index (χ0) is 21.3. The van der Waals surface area contributed by atoms with Crippen LogP contribution in [0.2, 0.25) is 0 Å². The summed E-state index contributed by atoms with van der Waals surface area (Å²) in [7, 11) is -21.4. The molecule has 0 unspecified atom stereocenters. The van der Waals surface area contributed by atoms with Gasteiger partial charge in [0.05, 0.1) is 0 Å². The molecule has 0 bridgehead atoms. The molecule has 0 radical (unpaired) electrons. The molecule has 1 saturated heterocycles. The van der Waals surface area contributed by atoms with E-state index in [2.05, 4.69) is 5.32 Å². The molecule has 0 aromatic rings. The van der Waals surface area contributed by atoms with Crippen molar-refractivity contribution in [3.63, 3.8) is 0 Å². The second-order valence-corrected chi connectivity index (χ2v) is 12.0. The molecule has 1 heterocycles. The molecule has 1 rings (SSSR count). The van der Waals surface area contributed by atoms with Crippen LogP contribution in [-0.4, -0.2) is 110 Å². The molecule has 162 valence electrons. The molecule has 15 nitrogen and oxygen atoms in total. The first-order valence-corrected chi connectivity index (χ1v) is 13.0. The second kappa shape index (κ2) is 8.49. The van der Waals surface area contributed by atoms with Gasteiger partial charge in [-0.25, -0.2) is 0 Å². The average Bonchev–Trinajstić information content (AvgIpc) is 2.46. The highest BCUT2D eigenvalue weighted by Crippen LogP contribution is 2.17. The first-order chi connectivity index (χ1) is 12.0. The Labute approximate surface area is 156 Å². The Hall–Kier alpha value is -0.480. The molecule has 0 aromatic carbocycles. The molecule has 0 spiro atoms. The lowest BCUT2D eigenvalue weighted by molar-refractivity contribution is 0.217. The molecule has 27 heavy (non-hydrogen) atoms. The molecule has 1 aliphatic heterocycles. The number of hydrogen-bond acceptors (Lipinski definition) is 11. The van der Waals surface area contributed by atoms with Crippen LogP contribution in [0.4, 0.5) is 0 Å². The van der Waals surface area contributed by atoms with Crippen molar-refractivity contribution < 1.29 is 51.9 Å². The maximum atomic E-state index is 11.4. The Morgan fingerprint density at radius 2 is 0.815 bits per heavy atom. The van der Waals surface area contributed by atoms with Crippen molar-refractivity contribution in [3.8, 4) is 0 Å². The third kappa shape index (κ3) is 7.12. The third-order valence-electron chi connectivity index (χ3n) is 3.44. The summed E-state index contributed by atoms with van der Waals surface area (Å²) in [6.07, 6.45) is 0. The molecule has 19 heteroatoms. The van der Waals surface area contributed by atoms with Crippen LogP contribution >= 0.6 is 0 Å². The van der Waals surface area contributed by atoms with E-state index in [0.29, 0.717) is 9.80 Å². The third-order valence-corrected chi connectivity index (χ3v) is 9.59. The number of hydrogen-bond donors (Lipinski definition) is 5. The van der Waals surface area contributed by atoms with Crippen LogP contribution in [0.15, 0.2) is 0 Å². The van der Waals surface area contributed by atoms with E-state index in [9.17, 15) is 33.7 Å². The van der Waals surface area contributed by atoms with Crippen molar-refractivity contribution in [2.24, 2.45) is 0 Å². The lowest BCUT2D eigenvalue weighted by Crippen LogP contribution is -2.52. The van der Waals surface area contributed by atoms with Crippen molar-refractivity contribution in [2.45, 2.75) is 9.41 Å². The predicted octanol–water partition coefficient (Wildman–Crippen LogP) is -3.69. The van der Waals surface area contributed by atoms with E-state index in [1.807, 2.05) is 0 Å². The highest BCUT2D eigenvalue weighted by Gasteiger charge is 2.44. The fourth-order valence-electron chi connectivity index (χ4n) is 2.53. The summed E-state index contributed by atoms with van der Waals surface area (Å²) in [5.41, 5.74) is 0. The lowest BCUT2D eigenvalue weighted by atomic mass is 10.5. The highest BCUT2D eigenvalue weighted by molar-refractivity contribution is 8.04.